The predicted molar refractivity (Wildman–Crippen MR) is 177 cm³/mol. The first kappa shape index (κ1) is 32.4. The summed E-state index contributed by atoms with van der Waals surface area (Å²) in [6, 6.07) is 11.6. The summed E-state index contributed by atoms with van der Waals surface area (Å²) in [4.78, 5) is 15.9. The van der Waals surface area contributed by atoms with E-state index in [2.05, 4.69) is 33.9 Å². The number of carbonyl (C=O) groups is 1. The molecule has 1 N–H and O–H groups in total. The minimum Gasteiger partial charge on any atom is -0.490 e. The fraction of sp³-hybridized carbons (Fsp3) is 0.571. The van der Waals surface area contributed by atoms with E-state index in [1.807, 2.05) is 25.1 Å². The van der Waals surface area contributed by atoms with Crippen LogP contribution in [0.1, 0.15) is 73.4 Å². The van der Waals surface area contributed by atoms with Gasteiger partial charge < -0.3 is 19.1 Å². The number of nitrogens with one attached hydrogen (secondary N) is 1. The Morgan fingerprint density at radius 2 is 1.96 bits per heavy atom. The van der Waals surface area contributed by atoms with Crippen molar-refractivity contribution in [1.82, 2.24) is 4.72 Å². The van der Waals surface area contributed by atoms with Crippen molar-refractivity contribution in [3.05, 3.63) is 70.3 Å². The van der Waals surface area contributed by atoms with Crippen molar-refractivity contribution in [1.29, 1.82) is 0 Å². The molecule has 2 aliphatic heterocycles. The van der Waals surface area contributed by atoms with Gasteiger partial charge in [0.15, 0.2) is 0 Å². The van der Waals surface area contributed by atoms with Gasteiger partial charge in [0.1, 0.15) is 5.75 Å². The zero-order valence-corrected chi connectivity index (χ0v) is 27.9. The average Bonchev–Trinajstić information content (AvgIpc) is 3.15. The molecule has 0 saturated heterocycles. The van der Waals surface area contributed by atoms with E-state index in [4.69, 9.17) is 25.8 Å². The molecule has 8 nitrogen and oxygen atoms in total. The molecule has 10 heteroatoms. The molecule has 1 amide bonds. The SMILES string of the molecule is CC[C@@H]1CC[C@H](OCCOC)/C=C/[C@@H]2CC[C@H]2CN2C[C@@]3(CCCc4cc(Cl)ccc43)COc3ccc(cc32)C(=O)NS1(=O)=O. The maximum atomic E-state index is 13.5. The molecule has 1 spiro atoms. The highest BCUT2D eigenvalue weighted by atomic mass is 35.5. The van der Waals surface area contributed by atoms with Crippen LogP contribution < -0.4 is 14.4 Å². The Bertz CT molecular complexity index is 1530. The number of nitrogens with zero attached hydrogens (tertiary/aromatic N) is 1. The molecular formula is C35H45ClN2O6S. The number of sulfonamides is 1. The molecule has 6 rings (SSSR count). The van der Waals surface area contributed by atoms with Crippen LogP contribution in [-0.2, 0) is 31.3 Å². The number of benzene rings is 2. The fourth-order valence-electron chi connectivity index (χ4n) is 7.60. The van der Waals surface area contributed by atoms with E-state index < -0.39 is 21.2 Å². The lowest BCUT2D eigenvalue weighted by atomic mass is 9.69. The van der Waals surface area contributed by atoms with Gasteiger partial charge in [-0.05, 0) is 105 Å². The Morgan fingerprint density at radius 1 is 1.09 bits per heavy atom. The van der Waals surface area contributed by atoms with E-state index in [-0.39, 0.29) is 11.5 Å². The third-order valence-electron chi connectivity index (χ3n) is 10.3. The van der Waals surface area contributed by atoms with E-state index in [1.54, 1.807) is 13.2 Å². The number of aryl methyl sites for hydroxylation is 1. The molecule has 4 aliphatic rings. The maximum absolute atomic E-state index is 13.5. The van der Waals surface area contributed by atoms with Gasteiger partial charge in [0.05, 0.1) is 36.9 Å². The molecule has 2 heterocycles. The number of rotatable bonds is 5. The number of methoxy groups -OCH3 is 1. The lowest BCUT2D eigenvalue weighted by Gasteiger charge is -2.44. The molecule has 2 aromatic rings. The van der Waals surface area contributed by atoms with Crippen molar-refractivity contribution in [2.45, 2.75) is 75.1 Å². The number of carbonyl (C=O) groups excluding carboxylic acids is 1. The molecule has 45 heavy (non-hydrogen) atoms. The highest BCUT2D eigenvalue weighted by molar-refractivity contribution is 7.90. The lowest BCUT2D eigenvalue weighted by molar-refractivity contribution is 0.0345. The number of halogens is 1. The molecule has 244 valence electrons. The second kappa shape index (κ2) is 13.6. The summed E-state index contributed by atoms with van der Waals surface area (Å²) in [5.74, 6) is 0.933. The molecule has 2 bridgehead atoms. The molecule has 2 aromatic carbocycles. The standard InChI is InChI=1S/C35H45ClN2O6S/c1-3-30-13-12-29(43-18-17-42-2)11-8-24-6-7-27(24)21-38-22-35(16-4-5-25-19-28(36)10-14-31(25)35)23-44-33-15-9-26(20-32(33)38)34(39)37-45(30,40)41/h8-11,14-15,19-20,24,27,29-30H,3-7,12-13,16-18,21-23H2,1-2H3,(H,37,39)/b11-8+/t24-,27-,29+,30+,35-/m0/s1. The zero-order chi connectivity index (χ0) is 31.6. The van der Waals surface area contributed by atoms with Gasteiger partial charge >= 0.3 is 0 Å². The number of hydrogen-bond acceptors (Lipinski definition) is 7. The van der Waals surface area contributed by atoms with E-state index in [0.717, 1.165) is 61.7 Å². The summed E-state index contributed by atoms with van der Waals surface area (Å²) < 4.78 is 47.2. The molecule has 0 unspecified atom stereocenters. The molecule has 0 radical (unpaired) electrons. The normalized spacial score (nSPS) is 30.2. The van der Waals surface area contributed by atoms with E-state index in [9.17, 15) is 13.2 Å². The first-order valence-corrected chi connectivity index (χ1v) is 18.3. The van der Waals surface area contributed by atoms with Crippen LogP contribution in [0.4, 0.5) is 5.69 Å². The number of anilines is 1. The van der Waals surface area contributed by atoms with Crippen molar-refractivity contribution in [3.63, 3.8) is 0 Å². The van der Waals surface area contributed by atoms with Crippen LogP contribution in [-0.4, -0.2) is 65.7 Å². The summed E-state index contributed by atoms with van der Waals surface area (Å²) in [6.07, 6.45) is 10.7. The third kappa shape index (κ3) is 6.92. The van der Waals surface area contributed by atoms with Crippen LogP contribution >= 0.6 is 11.6 Å². The monoisotopic (exact) mass is 656 g/mol. The minimum atomic E-state index is -3.92. The van der Waals surface area contributed by atoms with Crippen molar-refractivity contribution < 1.29 is 27.4 Å². The van der Waals surface area contributed by atoms with Gasteiger partial charge in [-0.25, -0.2) is 13.1 Å². The van der Waals surface area contributed by atoms with Gasteiger partial charge in [0.2, 0.25) is 10.0 Å². The maximum Gasteiger partial charge on any atom is 0.264 e. The van der Waals surface area contributed by atoms with Gasteiger partial charge in [-0.1, -0.05) is 36.7 Å². The summed E-state index contributed by atoms with van der Waals surface area (Å²) in [7, 11) is -2.28. The van der Waals surface area contributed by atoms with Crippen LogP contribution in [0.3, 0.4) is 0 Å². The van der Waals surface area contributed by atoms with Gasteiger partial charge in [-0.3, -0.25) is 4.79 Å². The van der Waals surface area contributed by atoms with Crippen molar-refractivity contribution >= 4 is 33.2 Å². The van der Waals surface area contributed by atoms with Crippen molar-refractivity contribution in [2.75, 3.05) is 44.9 Å². The molecule has 1 fully saturated rings. The second-order valence-electron chi connectivity index (χ2n) is 13.2. The van der Waals surface area contributed by atoms with E-state index in [0.29, 0.717) is 56.5 Å². The smallest absolute Gasteiger partial charge is 0.264 e. The Hall–Kier alpha value is -2.59. The fourth-order valence-corrected chi connectivity index (χ4v) is 9.22. The van der Waals surface area contributed by atoms with Gasteiger partial charge in [0.25, 0.3) is 5.91 Å². The van der Waals surface area contributed by atoms with Gasteiger partial charge in [0, 0.05) is 36.2 Å². The molecule has 5 atom stereocenters. The quantitative estimate of drug-likeness (QED) is 0.309. The third-order valence-corrected chi connectivity index (χ3v) is 12.5. The Kier molecular flexibility index (Phi) is 9.81. The predicted octanol–water partition coefficient (Wildman–Crippen LogP) is 6.06. The summed E-state index contributed by atoms with van der Waals surface area (Å²) >= 11 is 6.42. The van der Waals surface area contributed by atoms with Gasteiger partial charge in [-0.15, -0.1) is 0 Å². The lowest BCUT2D eigenvalue weighted by Crippen LogP contribution is -2.48. The number of hydrogen-bond donors (Lipinski definition) is 1. The van der Waals surface area contributed by atoms with Crippen LogP contribution in [0.25, 0.3) is 0 Å². The van der Waals surface area contributed by atoms with E-state index in [1.165, 1.54) is 11.1 Å². The minimum absolute atomic E-state index is 0.228. The Balaban J connectivity index is 1.38. The molecular weight excluding hydrogens is 612 g/mol. The number of ether oxygens (including phenoxy) is 3. The summed E-state index contributed by atoms with van der Waals surface area (Å²) in [5.41, 5.74) is 3.48. The first-order valence-electron chi connectivity index (χ1n) is 16.4. The highest BCUT2D eigenvalue weighted by Crippen LogP contribution is 2.46. The van der Waals surface area contributed by atoms with Crippen LogP contribution in [0, 0.1) is 11.8 Å². The van der Waals surface area contributed by atoms with Crippen LogP contribution in [0.5, 0.6) is 5.75 Å². The molecule has 2 aliphatic carbocycles. The second-order valence-corrected chi connectivity index (χ2v) is 15.6. The first-order chi connectivity index (χ1) is 21.7. The summed E-state index contributed by atoms with van der Waals surface area (Å²) in [5, 5.41) is 0.0336. The zero-order valence-electron chi connectivity index (χ0n) is 26.3. The van der Waals surface area contributed by atoms with E-state index >= 15 is 0 Å². The average molecular weight is 657 g/mol. The van der Waals surface area contributed by atoms with Crippen molar-refractivity contribution in [2.24, 2.45) is 11.8 Å². The van der Waals surface area contributed by atoms with Crippen molar-refractivity contribution in [3.8, 4) is 5.75 Å². The number of fused-ring (bicyclic) bond motifs is 4. The van der Waals surface area contributed by atoms with Crippen LogP contribution in [0.2, 0.25) is 5.02 Å². The Morgan fingerprint density at radius 3 is 2.73 bits per heavy atom. The van der Waals surface area contributed by atoms with Gasteiger partial charge in [-0.2, -0.15) is 0 Å². The Labute approximate surface area is 272 Å². The topological polar surface area (TPSA) is 94.2 Å². The van der Waals surface area contributed by atoms with Crippen LogP contribution in [0.15, 0.2) is 48.6 Å². The highest BCUT2D eigenvalue weighted by Gasteiger charge is 2.43. The number of allylic oxidation sites excluding steroid dienone is 1. The number of amides is 1. The largest absolute Gasteiger partial charge is 0.490 e. The summed E-state index contributed by atoms with van der Waals surface area (Å²) in [6.45, 7) is 4.82. The molecule has 1 saturated carbocycles. The molecule has 0 aromatic heterocycles.